The molecule has 2 heterocycles. The summed E-state index contributed by atoms with van der Waals surface area (Å²) in [6.07, 6.45) is -3.04. The first-order valence-electron chi connectivity index (χ1n) is 10.0. The lowest BCUT2D eigenvalue weighted by molar-refractivity contribution is -0.143. The fourth-order valence-electron chi connectivity index (χ4n) is 3.57. The van der Waals surface area contributed by atoms with Gasteiger partial charge in [-0.15, -0.1) is 0 Å². The summed E-state index contributed by atoms with van der Waals surface area (Å²) in [5, 5.41) is 9.37. The Kier molecular flexibility index (Phi) is 6.24. The third-order valence-electron chi connectivity index (χ3n) is 5.12. The van der Waals surface area contributed by atoms with Crippen LogP contribution in [0.5, 0.6) is 0 Å². The number of benzene rings is 2. The van der Waals surface area contributed by atoms with Gasteiger partial charge in [0.1, 0.15) is 11.5 Å². The molecule has 0 bridgehead atoms. The van der Waals surface area contributed by atoms with Gasteiger partial charge in [-0.05, 0) is 42.0 Å². The van der Waals surface area contributed by atoms with Crippen LogP contribution in [-0.4, -0.2) is 23.2 Å². The van der Waals surface area contributed by atoms with Crippen molar-refractivity contribution in [1.82, 2.24) is 14.8 Å². The second-order valence-electron chi connectivity index (χ2n) is 7.44. The molecule has 0 saturated heterocycles. The molecular formula is C23H18F4N4O2S. The first-order chi connectivity index (χ1) is 16.0. The van der Waals surface area contributed by atoms with E-state index in [0.717, 1.165) is 16.8 Å². The minimum absolute atomic E-state index is 0.0269. The average Bonchev–Trinajstić information content (AvgIpc) is 3.18. The minimum atomic E-state index is -4.78. The molecule has 176 valence electrons. The molecule has 0 aliphatic carbocycles. The monoisotopic (exact) mass is 490 g/mol. The molecule has 11 heteroatoms. The summed E-state index contributed by atoms with van der Waals surface area (Å²) in [5.41, 5.74) is -0.316. The van der Waals surface area contributed by atoms with Crippen LogP contribution in [0, 0.1) is 5.82 Å². The number of hydrogen-bond donors (Lipinski definition) is 1. The number of sulfonamides is 1. The van der Waals surface area contributed by atoms with E-state index < -0.39 is 27.7 Å². The molecule has 0 unspecified atom stereocenters. The van der Waals surface area contributed by atoms with Crippen molar-refractivity contribution in [1.29, 1.82) is 0 Å². The molecule has 2 aromatic heterocycles. The molecule has 6 nitrogen and oxygen atoms in total. The van der Waals surface area contributed by atoms with Gasteiger partial charge in [-0.3, -0.25) is 9.67 Å². The van der Waals surface area contributed by atoms with Crippen LogP contribution in [0.1, 0.15) is 11.4 Å². The lowest BCUT2D eigenvalue weighted by atomic mass is 9.98. The first kappa shape index (κ1) is 23.6. The Hall–Kier alpha value is -3.57. The third-order valence-corrected chi connectivity index (χ3v) is 6.05. The molecule has 0 fully saturated rings. The van der Waals surface area contributed by atoms with E-state index in [1.165, 1.54) is 36.4 Å². The number of alkyl halides is 3. The molecule has 0 aliphatic heterocycles. The van der Waals surface area contributed by atoms with E-state index >= 15 is 0 Å². The summed E-state index contributed by atoms with van der Waals surface area (Å²) in [6, 6.07) is 14.8. The smallest absolute Gasteiger partial charge is 0.261 e. The highest BCUT2D eigenvalue weighted by atomic mass is 32.2. The standard InChI is InChI=1S/C23H18F4N4O2S/c24-17-8-4-15(5-9-17)20-21(16-6-10-19(11-7-16)34(28,32)33)30-31(22(20)23(25,26)27)14-12-18-3-1-2-13-29-18/h1-11,13H,12,14H2,(H2,28,32,33). The van der Waals surface area contributed by atoms with Crippen molar-refractivity contribution in [3.05, 3.63) is 90.1 Å². The SMILES string of the molecule is NS(=O)(=O)c1ccc(-c2nn(CCc3ccccn3)c(C(F)(F)F)c2-c2ccc(F)cc2)cc1. The van der Waals surface area contributed by atoms with Gasteiger partial charge in [-0.1, -0.05) is 30.3 Å². The van der Waals surface area contributed by atoms with E-state index in [9.17, 15) is 26.0 Å². The Morgan fingerprint density at radius 2 is 1.56 bits per heavy atom. The van der Waals surface area contributed by atoms with Crippen molar-refractivity contribution >= 4 is 10.0 Å². The van der Waals surface area contributed by atoms with Gasteiger partial charge in [0.05, 0.1) is 4.90 Å². The summed E-state index contributed by atoms with van der Waals surface area (Å²) < 4.78 is 80.4. The van der Waals surface area contributed by atoms with Gasteiger partial charge < -0.3 is 0 Å². The molecule has 0 amide bonds. The summed E-state index contributed by atoms with van der Waals surface area (Å²) in [4.78, 5) is 3.95. The number of rotatable bonds is 6. The summed E-state index contributed by atoms with van der Waals surface area (Å²) in [6.45, 7) is -0.116. The average molecular weight is 490 g/mol. The van der Waals surface area contributed by atoms with Crippen LogP contribution >= 0.6 is 0 Å². The molecule has 2 N–H and O–H groups in total. The summed E-state index contributed by atoms with van der Waals surface area (Å²) >= 11 is 0. The lowest BCUT2D eigenvalue weighted by Gasteiger charge is -2.13. The Morgan fingerprint density at radius 3 is 2.12 bits per heavy atom. The Bertz CT molecular complexity index is 1400. The van der Waals surface area contributed by atoms with E-state index in [0.29, 0.717) is 5.69 Å². The van der Waals surface area contributed by atoms with Crippen LogP contribution in [0.4, 0.5) is 17.6 Å². The van der Waals surface area contributed by atoms with Crippen LogP contribution in [0.25, 0.3) is 22.4 Å². The van der Waals surface area contributed by atoms with Gasteiger partial charge in [-0.25, -0.2) is 17.9 Å². The van der Waals surface area contributed by atoms with Crippen LogP contribution in [-0.2, 0) is 29.2 Å². The predicted molar refractivity (Wildman–Crippen MR) is 117 cm³/mol. The highest BCUT2D eigenvalue weighted by Crippen LogP contribution is 2.43. The van der Waals surface area contributed by atoms with E-state index in [4.69, 9.17) is 5.14 Å². The Morgan fingerprint density at radius 1 is 0.912 bits per heavy atom. The highest BCUT2D eigenvalue weighted by Gasteiger charge is 2.40. The largest absolute Gasteiger partial charge is 0.433 e. The van der Waals surface area contributed by atoms with Crippen molar-refractivity contribution in [3.63, 3.8) is 0 Å². The number of pyridine rings is 1. The molecule has 34 heavy (non-hydrogen) atoms. The minimum Gasteiger partial charge on any atom is -0.261 e. The summed E-state index contributed by atoms with van der Waals surface area (Å²) in [7, 11) is -3.99. The Labute approximate surface area is 192 Å². The van der Waals surface area contributed by atoms with E-state index in [1.807, 2.05) is 0 Å². The quantitative estimate of drug-likeness (QED) is 0.398. The number of primary sulfonamides is 1. The zero-order chi connectivity index (χ0) is 24.5. The zero-order valence-corrected chi connectivity index (χ0v) is 18.3. The van der Waals surface area contributed by atoms with E-state index in [2.05, 4.69) is 10.1 Å². The van der Waals surface area contributed by atoms with Gasteiger partial charge in [0.2, 0.25) is 10.0 Å². The van der Waals surface area contributed by atoms with Crippen molar-refractivity contribution in [2.24, 2.45) is 5.14 Å². The first-order valence-corrected chi connectivity index (χ1v) is 11.6. The van der Waals surface area contributed by atoms with Crippen LogP contribution < -0.4 is 5.14 Å². The second kappa shape index (κ2) is 8.99. The van der Waals surface area contributed by atoms with Crippen LogP contribution in [0.2, 0.25) is 0 Å². The van der Waals surface area contributed by atoms with Gasteiger partial charge >= 0.3 is 6.18 Å². The molecular weight excluding hydrogens is 472 g/mol. The molecule has 2 aromatic carbocycles. The number of halogens is 4. The fourth-order valence-corrected chi connectivity index (χ4v) is 4.09. The van der Waals surface area contributed by atoms with Gasteiger partial charge in [0, 0.05) is 36.0 Å². The molecule has 0 atom stereocenters. The molecule has 0 saturated carbocycles. The topological polar surface area (TPSA) is 90.9 Å². The van der Waals surface area contributed by atoms with Gasteiger partial charge in [0.15, 0.2) is 5.69 Å². The third kappa shape index (κ3) is 5.00. The van der Waals surface area contributed by atoms with Crippen LogP contribution in [0.3, 0.4) is 0 Å². The lowest BCUT2D eigenvalue weighted by Crippen LogP contribution is -2.17. The highest BCUT2D eigenvalue weighted by molar-refractivity contribution is 7.89. The summed E-state index contributed by atoms with van der Waals surface area (Å²) in [5.74, 6) is -0.598. The van der Waals surface area contributed by atoms with Gasteiger partial charge in [-0.2, -0.15) is 18.3 Å². The number of aromatic nitrogens is 3. The Balaban J connectivity index is 1.90. The molecule has 4 aromatic rings. The second-order valence-corrected chi connectivity index (χ2v) is 9.00. The van der Waals surface area contributed by atoms with Crippen molar-refractivity contribution in [2.75, 3.05) is 0 Å². The normalized spacial score (nSPS) is 12.1. The maximum atomic E-state index is 14.3. The maximum Gasteiger partial charge on any atom is 0.433 e. The van der Waals surface area contributed by atoms with Crippen molar-refractivity contribution < 1.29 is 26.0 Å². The number of nitrogens with two attached hydrogens (primary N) is 1. The molecule has 4 rings (SSSR count). The van der Waals surface area contributed by atoms with E-state index in [1.54, 1.807) is 24.4 Å². The zero-order valence-electron chi connectivity index (χ0n) is 17.5. The van der Waals surface area contributed by atoms with E-state index in [-0.39, 0.29) is 40.2 Å². The van der Waals surface area contributed by atoms with Crippen LogP contribution in [0.15, 0.2) is 77.8 Å². The van der Waals surface area contributed by atoms with Gasteiger partial charge in [0.25, 0.3) is 0 Å². The molecule has 0 aliphatic rings. The maximum absolute atomic E-state index is 14.3. The van der Waals surface area contributed by atoms with Crippen molar-refractivity contribution in [3.8, 4) is 22.4 Å². The number of aryl methyl sites for hydroxylation is 2. The fraction of sp³-hybridized carbons (Fsp3) is 0.130. The number of nitrogens with zero attached hydrogens (tertiary/aromatic N) is 3. The molecule has 0 spiro atoms. The van der Waals surface area contributed by atoms with Crippen molar-refractivity contribution in [2.45, 2.75) is 24.0 Å². The number of hydrogen-bond acceptors (Lipinski definition) is 4. The predicted octanol–water partition coefficient (Wildman–Crippen LogP) is 4.66. The molecule has 0 radical (unpaired) electrons.